The van der Waals surface area contributed by atoms with Crippen molar-refractivity contribution in [3.8, 4) is 0 Å². The molecule has 0 aromatic heterocycles. The summed E-state index contributed by atoms with van der Waals surface area (Å²) in [5.74, 6) is 0. The molecule has 1 unspecified atom stereocenters. The standard InChI is InChI=1S/C16H15N3S/c20-15-18-14-9-5-4-8-13(14)16(17-10-11-19(15)16)12-6-2-1-3-7-12/h1-9,17H,10-11H2,(H,18,20). The van der Waals surface area contributed by atoms with Gasteiger partial charge in [-0.25, -0.2) is 0 Å². The Morgan fingerprint density at radius 1 is 1.00 bits per heavy atom. The molecule has 4 rings (SSSR count). The van der Waals surface area contributed by atoms with E-state index in [0.29, 0.717) is 0 Å². The molecule has 3 nitrogen and oxygen atoms in total. The number of hydrogen-bond acceptors (Lipinski definition) is 2. The zero-order chi connectivity index (χ0) is 13.6. The maximum Gasteiger partial charge on any atom is 0.175 e. The van der Waals surface area contributed by atoms with Gasteiger partial charge in [-0.1, -0.05) is 48.5 Å². The maximum atomic E-state index is 5.57. The van der Waals surface area contributed by atoms with Gasteiger partial charge < -0.3 is 10.2 Å². The summed E-state index contributed by atoms with van der Waals surface area (Å²) in [7, 11) is 0. The van der Waals surface area contributed by atoms with Gasteiger partial charge >= 0.3 is 0 Å². The molecular formula is C16H15N3S. The first-order chi connectivity index (χ1) is 9.82. The third kappa shape index (κ3) is 1.46. The summed E-state index contributed by atoms with van der Waals surface area (Å²) in [5, 5.41) is 7.81. The van der Waals surface area contributed by atoms with Gasteiger partial charge in [-0.2, -0.15) is 0 Å². The molecule has 0 aliphatic carbocycles. The quantitative estimate of drug-likeness (QED) is 0.785. The van der Waals surface area contributed by atoms with Crippen molar-refractivity contribution in [3.63, 3.8) is 0 Å². The molecule has 1 fully saturated rings. The van der Waals surface area contributed by atoms with E-state index in [1.165, 1.54) is 11.1 Å². The van der Waals surface area contributed by atoms with Crippen LogP contribution in [0.25, 0.3) is 0 Å². The van der Waals surface area contributed by atoms with Crippen LogP contribution >= 0.6 is 12.2 Å². The number of para-hydroxylation sites is 1. The predicted molar refractivity (Wildman–Crippen MR) is 84.6 cm³/mol. The average molecular weight is 281 g/mol. The highest BCUT2D eigenvalue weighted by Gasteiger charge is 2.48. The molecule has 1 atom stereocenters. The van der Waals surface area contributed by atoms with Gasteiger partial charge in [-0.3, -0.25) is 5.32 Å². The number of fused-ring (bicyclic) bond motifs is 3. The lowest BCUT2D eigenvalue weighted by molar-refractivity contribution is 0.259. The van der Waals surface area contributed by atoms with Gasteiger partial charge in [0.15, 0.2) is 5.11 Å². The van der Waals surface area contributed by atoms with Crippen molar-refractivity contribution in [3.05, 3.63) is 65.7 Å². The van der Waals surface area contributed by atoms with Crippen molar-refractivity contribution in [2.45, 2.75) is 5.66 Å². The molecule has 2 aliphatic heterocycles. The Kier molecular flexibility index (Phi) is 2.55. The molecule has 20 heavy (non-hydrogen) atoms. The van der Waals surface area contributed by atoms with E-state index < -0.39 is 0 Å². The van der Waals surface area contributed by atoms with Crippen LogP contribution in [-0.2, 0) is 5.66 Å². The molecule has 2 aliphatic rings. The van der Waals surface area contributed by atoms with Crippen molar-refractivity contribution in [2.75, 3.05) is 18.4 Å². The third-order valence-corrected chi connectivity index (χ3v) is 4.44. The van der Waals surface area contributed by atoms with E-state index in [0.717, 1.165) is 23.9 Å². The number of benzene rings is 2. The number of thiocarbonyl (C=S) groups is 1. The highest BCUT2D eigenvalue weighted by molar-refractivity contribution is 7.80. The first-order valence-electron chi connectivity index (χ1n) is 6.81. The number of hydrogen-bond donors (Lipinski definition) is 2. The Morgan fingerprint density at radius 3 is 2.60 bits per heavy atom. The van der Waals surface area contributed by atoms with E-state index in [9.17, 15) is 0 Å². The van der Waals surface area contributed by atoms with E-state index in [4.69, 9.17) is 12.2 Å². The first-order valence-corrected chi connectivity index (χ1v) is 7.22. The first kappa shape index (κ1) is 11.9. The number of nitrogens with one attached hydrogen (secondary N) is 2. The average Bonchev–Trinajstić information content (AvgIpc) is 2.95. The van der Waals surface area contributed by atoms with Crippen LogP contribution in [0, 0.1) is 0 Å². The number of rotatable bonds is 1. The van der Waals surface area contributed by atoms with Crippen LogP contribution in [0.5, 0.6) is 0 Å². The van der Waals surface area contributed by atoms with Crippen molar-refractivity contribution in [1.29, 1.82) is 0 Å². The summed E-state index contributed by atoms with van der Waals surface area (Å²) in [6.45, 7) is 1.83. The van der Waals surface area contributed by atoms with Gasteiger partial charge in [-0.15, -0.1) is 0 Å². The second-order valence-electron chi connectivity index (χ2n) is 5.13. The summed E-state index contributed by atoms with van der Waals surface area (Å²) in [6, 6.07) is 18.9. The van der Waals surface area contributed by atoms with E-state index in [1.54, 1.807) is 0 Å². The monoisotopic (exact) mass is 281 g/mol. The Balaban J connectivity index is 2.01. The molecule has 0 radical (unpaired) electrons. The molecule has 0 spiro atoms. The minimum absolute atomic E-state index is 0.333. The molecule has 100 valence electrons. The van der Waals surface area contributed by atoms with Gasteiger partial charge in [0.25, 0.3) is 0 Å². The molecule has 1 saturated heterocycles. The largest absolute Gasteiger partial charge is 0.332 e. The van der Waals surface area contributed by atoms with Crippen LogP contribution in [0.2, 0.25) is 0 Å². The molecule has 0 saturated carbocycles. The number of nitrogens with zero attached hydrogens (tertiary/aromatic N) is 1. The zero-order valence-electron chi connectivity index (χ0n) is 11.0. The fourth-order valence-corrected chi connectivity index (χ4v) is 3.63. The molecule has 4 heteroatoms. The second-order valence-corrected chi connectivity index (χ2v) is 5.52. The zero-order valence-corrected chi connectivity index (χ0v) is 11.8. The summed E-state index contributed by atoms with van der Waals surface area (Å²) in [6.07, 6.45) is 0. The smallest absolute Gasteiger partial charge is 0.175 e. The van der Waals surface area contributed by atoms with E-state index >= 15 is 0 Å². The summed E-state index contributed by atoms with van der Waals surface area (Å²) in [4.78, 5) is 2.25. The molecule has 2 N–H and O–H groups in total. The van der Waals surface area contributed by atoms with Crippen LogP contribution in [0.4, 0.5) is 5.69 Å². The maximum absolute atomic E-state index is 5.57. The van der Waals surface area contributed by atoms with Crippen LogP contribution < -0.4 is 10.6 Å². The van der Waals surface area contributed by atoms with Gasteiger partial charge in [-0.05, 0) is 23.8 Å². The SMILES string of the molecule is S=C1Nc2ccccc2C2(c3ccccc3)NCCN12. The molecular weight excluding hydrogens is 266 g/mol. The highest BCUT2D eigenvalue weighted by Crippen LogP contribution is 2.42. The summed E-state index contributed by atoms with van der Waals surface area (Å²) < 4.78 is 0. The molecule has 2 aromatic rings. The molecule has 2 heterocycles. The van der Waals surface area contributed by atoms with Crippen molar-refractivity contribution < 1.29 is 0 Å². The van der Waals surface area contributed by atoms with Crippen molar-refractivity contribution in [2.24, 2.45) is 0 Å². The summed E-state index contributed by atoms with van der Waals surface area (Å²) in [5.41, 5.74) is 3.22. The van der Waals surface area contributed by atoms with Gasteiger partial charge in [0.2, 0.25) is 0 Å². The highest BCUT2D eigenvalue weighted by atomic mass is 32.1. The Bertz CT molecular complexity index is 670. The van der Waals surface area contributed by atoms with Gasteiger partial charge in [0, 0.05) is 24.3 Å². The molecule has 0 amide bonds. The van der Waals surface area contributed by atoms with E-state index in [1.807, 2.05) is 12.1 Å². The molecule has 2 aromatic carbocycles. The van der Waals surface area contributed by atoms with Crippen molar-refractivity contribution in [1.82, 2.24) is 10.2 Å². The van der Waals surface area contributed by atoms with Gasteiger partial charge in [0.05, 0.1) is 0 Å². The van der Waals surface area contributed by atoms with E-state index in [2.05, 4.69) is 58.0 Å². The van der Waals surface area contributed by atoms with Crippen molar-refractivity contribution >= 4 is 23.0 Å². The van der Waals surface area contributed by atoms with E-state index in [-0.39, 0.29) is 5.66 Å². The van der Waals surface area contributed by atoms with Crippen LogP contribution in [0.15, 0.2) is 54.6 Å². The fourth-order valence-electron chi connectivity index (χ4n) is 3.29. The predicted octanol–water partition coefficient (Wildman–Crippen LogP) is 2.50. The minimum Gasteiger partial charge on any atom is -0.332 e. The molecule has 0 bridgehead atoms. The lowest BCUT2D eigenvalue weighted by Crippen LogP contribution is -2.56. The van der Waals surface area contributed by atoms with Crippen LogP contribution in [0.1, 0.15) is 11.1 Å². The second kappa shape index (κ2) is 4.30. The normalized spacial score (nSPS) is 24.0. The number of anilines is 1. The Hall–Kier alpha value is -1.91. The Morgan fingerprint density at radius 2 is 1.75 bits per heavy atom. The summed E-state index contributed by atoms with van der Waals surface area (Å²) >= 11 is 5.57. The third-order valence-electron chi connectivity index (χ3n) is 4.12. The lowest BCUT2D eigenvalue weighted by atomic mass is 9.88. The minimum atomic E-state index is -0.333. The van der Waals surface area contributed by atoms with Crippen LogP contribution in [-0.4, -0.2) is 23.1 Å². The lowest BCUT2D eigenvalue weighted by Gasteiger charge is -2.45. The fraction of sp³-hybridized carbons (Fsp3) is 0.188. The van der Waals surface area contributed by atoms with Gasteiger partial charge in [0.1, 0.15) is 5.66 Å². The topological polar surface area (TPSA) is 27.3 Å². The Labute approximate surface area is 123 Å². The van der Waals surface area contributed by atoms with Crippen LogP contribution in [0.3, 0.4) is 0 Å².